The molecule has 1 unspecified atom stereocenters. The first-order valence-corrected chi connectivity index (χ1v) is 8.26. The van der Waals surface area contributed by atoms with E-state index in [1.807, 2.05) is 27.7 Å². The number of rotatable bonds is 1. The molecule has 5 heteroatoms. The summed E-state index contributed by atoms with van der Waals surface area (Å²) < 4.78 is 26.8. The van der Waals surface area contributed by atoms with Crippen molar-refractivity contribution in [2.75, 3.05) is 13.1 Å². The highest BCUT2D eigenvalue weighted by Crippen LogP contribution is 2.35. The number of hydrogen-bond donors (Lipinski definition) is 1. The van der Waals surface area contributed by atoms with E-state index in [0.29, 0.717) is 32.2 Å². The first-order valence-electron chi connectivity index (χ1n) is 8.26. The van der Waals surface area contributed by atoms with Gasteiger partial charge in [0.1, 0.15) is 11.8 Å². The van der Waals surface area contributed by atoms with Crippen LogP contribution in [0.4, 0.5) is 8.78 Å². The van der Waals surface area contributed by atoms with Crippen LogP contribution < -0.4 is 5.73 Å². The molecule has 2 fully saturated rings. The molecule has 0 aromatic rings. The van der Waals surface area contributed by atoms with Crippen LogP contribution in [0.1, 0.15) is 61.7 Å². The minimum absolute atomic E-state index is 0. The van der Waals surface area contributed by atoms with Gasteiger partial charge >= 0.3 is 0 Å². The van der Waals surface area contributed by atoms with E-state index < -0.39 is 17.9 Å². The number of carbonyl (C=O) groups is 1. The van der Waals surface area contributed by atoms with Gasteiger partial charge < -0.3 is 10.6 Å². The number of carbonyl (C=O) groups excluding carboxylic acids is 1. The fraction of sp³-hybridized carbons (Fsp3) is 0.938. The molecule has 2 aliphatic rings. The quantitative estimate of drug-likeness (QED) is 0.802. The van der Waals surface area contributed by atoms with Crippen LogP contribution in [0.5, 0.6) is 0 Å². The summed E-state index contributed by atoms with van der Waals surface area (Å²) in [6.45, 7) is 9.98. The third-order valence-corrected chi connectivity index (χ3v) is 3.98. The Hall–Kier alpha value is -0.710. The third kappa shape index (κ3) is 5.89. The lowest BCUT2D eigenvalue weighted by molar-refractivity contribution is -0.136. The van der Waals surface area contributed by atoms with Crippen molar-refractivity contribution in [3.05, 3.63) is 0 Å². The molecule has 2 rings (SSSR count). The van der Waals surface area contributed by atoms with Crippen molar-refractivity contribution >= 4 is 5.91 Å². The number of amides is 1. The Kier molecular flexibility index (Phi) is 9.02. The number of nitrogens with zero attached hydrogens (tertiary/aromatic N) is 1. The Morgan fingerprint density at radius 3 is 2.05 bits per heavy atom. The zero-order chi connectivity index (χ0) is 16.6. The SMILES string of the molecule is CC.CC.CC1(F)CCC(C(=O)N2CC(F)[C@H](N)C2)CC1.[HH]. The molecule has 0 radical (unpaired) electrons. The van der Waals surface area contributed by atoms with Gasteiger partial charge in [-0.2, -0.15) is 0 Å². The van der Waals surface area contributed by atoms with Crippen LogP contribution in [0, 0.1) is 5.92 Å². The summed E-state index contributed by atoms with van der Waals surface area (Å²) in [6, 6.07) is -0.561. The summed E-state index contributed by atoms with van der Waals surface area (Å²) in [5, 5.41) is 0. The lowest BCUT2D eigenvalue weighted by atomic mass is 9.80. The van der Waals surface area contributed by atoms with Gasteiger partial charge in [-0.1, -0.05) is 27.7 Å². The van der Waals surface area contributed by atoms with Crippen molar-refractivity contribution in [2.45, 2.75) is 78.2 Å². The van der Waals surface area contributed by atoms with Gasteiger partial charge in [-0.25, -0.2) is 8.78 Å². The molecule has 1 heterocycles. The predicted molar refractivity (Wildman–Crippen MR) is 85.7 cm³/mol. The van der Waals surface area contributed by atoms with Crippen molar-refractivity contribution in [3.63, 3.8) is 0 Å². The molecule has 1 amide bonds. The molecule has 128 valence electrons. The standard InChI is InChI=1S/C12H20F2N2O.2C2H6.H2/c1-12(14)4-2-8(3-5-12)11(17)16-6-9(13)10(15)7-16;2*1-2;/h8-10H,2-7,15H2,1H3;2*1-2H3;1H/t8?,9?,10-,12?;;;/m1.../s1. The van der Waals surface area contributed by atoms with Gasteiger partial charge in [0.15, 0.2) is 0 Å². The number of nitrogens with two attached hydrogens (primary N) is 1. The summed E-state index contributed by atoms with van der Waals surface area (Å²) in [6.07, 6.45) is 0.849. The van der Waals surface area contributed by atoms with Crippen LogP contribution in [0.3, 0.4) is 0 Å². The van der Waals surface area contributed by atoms with Crippen LogP contribution in [0.2, 0.25) is 0 Å². The van der Waals surface area contributed by atoms with Crippen molar-refractivity contribution in [3.8, 4) is 0 Å². The van der Waals surface area contributed by atoms with Crippen molar-refractivity contribution < 1.29 is 15.0 Å². The highest BCUT2D eigenvalue weighted by atomic mass is 19.1. The third-order valence-electron chi connectivity index (χ3n) is 3.98. The lowest BCUT2D eigenvalue weighted by Gasteiger charge is -2.32. The largest absolute Gasteiger partial charge is 0.338 e. The van der Waals surface area contributed by atoms with Crippen molar-refractivity contribution in [1.29, 1.82) is 0 Å². The minimum atomic E-state index is -1.14. The smallest absolute Gasteiger partial charge is 0.225 e. The number of hydrogen-bond acceptors (Lipinski definition) is 2. The van der Waals surface area contributed by atoms with E-state index in [1.165, 1.54) is 4.90 Å². The summed E-state index contributed by atoms with van der Waals surface area (Å²) in [5.41, 5.74) is 4.41. The molecule has 1 aliphatic heterocycles. The highest BCUT2D eigenvalue weighted by molar-refractivity contribution is 5.79. The maximum absolute atomic E-state index is 13.6. The molecule has 3 nitrogen and oxygen atoms in total. The normalized spacial score (nSPS) is 35.2. The van der Waals surface area contributed by atoms with Crippen molar-refractivity contribution in [2.24, 2.45) is 11.7 Å². The predicted octanol–water partition coefficient (Wildman–Crippen LogP) is 3.71. The second-order valence-corrected chi connectivity index (χ2v) is 5.61. The van der Waals surface area contributed by atoms with Crippen LogP contribution in [-0.4, -0.2) is 41.8 Å². The van der Waals surface area contributed by atoms with Crippen LogP contribution >= 0.6 is 0 Å². The maximum Gasteiger partial charge on any atom is 0.225 e. The molecule has 21 heavy (non-hydrogen) atoms. The molecular weight excluding hydrogens is 274 g/mol. The van der Waals surface area contributed by atoms with Gasteiger partial charge in [0.2, 0.25) is 5.91 Å². The fourth-order valence-corrected chi connectivity index (χ4v) is 2.69. The summed E-state index contributed by atoms with van der Waals surface area (Å²) >= 11 is 0. The Balaban J connectivity index is 0. The molecule has 1 saturated carbocycles. The van der Waals surface area contributed by atoms with E-state index in [0.717, 1.165) is 0 Å². The Morgan fingerprint density at radius 2 is 1.67 bits per heavy atom. The Labute approximate surface area is 129 Å². The number of halogens is 2. The zero-order valence-corrected chi connectivity index (χ0v) is 14.2. The van der Waals surface area contributed by atoms with E-state index in [2.05, 4.69) is 0 Å². The first kappa shape index (κ1) is 20.3. The topological polar surface area (TPSA) is 46.3 Å². The van der Waals surface area contributed by atoms with Gasteiger partial charge in [0, 0.05) is 13.9 Å². The van der Waals surface area contributed by atoms with Gasteiger partial charge in [0.25, 0.3) is 0 Å². The average Bonchev–Trinajstić information content (AvgIpc) is 2.82. The molecule has 1 saturated heterocycles. The second kappa shape index (κ2) is 9.34. The lowest BCUT2D eigenvalue weighted by Crippen LogP contribution is -2.39. The monoisotopic (exact) mass is 308 g/mol. The zero-order valence-electron chi connectivity index (χ0n) is 14.2. The Bertz CT molecular complexity index is 297. The summed E-state index contributed by atoms with van der Waals surface area (Å²) in [4.78, 5) is 13.6. The molecule has 0 aromatic heterocycles. The summed E-state index contributed by atoms with van der Waals surface area (Å²) in [7, 11) is 0. The molecule has 2 atom stereocenters. The molecule has 0 aromatic carbocycles. The van der Waals surface area contributed by atoms with Gasteiger partial charge in [-0.15, -0.1) is 0 Å². The fourth-order valence-electron chi connectivity index (χ4n) is 2.69. The molecule has 0 spiro atoms. The maximum atomic E-state index is 13.6. The Morgan fingerprint density at radius 1 is 1.19 bits per heavy atom. The van der Waals surface area contributed by atoms with E-state index in [-0.39, 0.29) is 19.8 Å². The molecular formula is C16H34F2N2O. The van der Waals surface area contributed by atoms with Gasteiger partial charge in [-0.3, -0.25) is 4.79 Å². The van der Waals surface area contributed by atoms with Crippen LogP contribution in [0.15, 0.2) is 0 Å². The molecule has 2 N–H and O–H groups in total. The van der Waals surface area contributed by atoms with Gasteiger partial charge in [0.05, 0.1) is 12.6 Å². The minimum Gasteiger partial charge on any atom is -0.338 e. The highest BCUT2D eigenvalue weighted by Gasteiger charge is 2.39. The van der Waals surface area contributed by atoms with E-state index in [4.69, 9.17) is 5.73 Å². The van der Waals surface area contributed by atoms with E-state index in [1.54, 1.807) is 6.92 Å². The number of likely N-dealkylation sites (tertiary alicyclic amines) is 1. The second-order valence-electron chi connectivity index (χ2n) is 5.61. The first-order chi connectivity index (χ1) is 9.89. The van der Waals surface area contributed by atoms with E-state index >= 15 is 0 Å². The van der Waals surface area contributed by atoms with Crippen LogP contribution in [-0.2, 0) is 4.79 Å². The number of alkyl halides is 2. The average molecular weight is 308 g/mol. The molecule has 0 bridgehead atoms. The van der Waals surface area contributed by atoms with E-state index in [9.17, 15) is 13.6 Å². The van der Waals surface area contributed by atoms with Crippen LogP contribution in [0.25, 0.3) is 0 Å². The van der Waals surface area contributed by atoms with Gasteiger partial charge in [-0.05, 0) is 32.6 Å². The summed E-state index contributed by atoms with van der Waals surface area (Å²) in [5.74, 6) is -0.188. The molecule has 1 aliphatic carbocycles. The van der Waals surface area contributed by atoms with Crippen molar-refractivity contribution in [1.82, 2.24) is 4.90 Å².